The molecule has 1 heterocycles. The highest BCUT2D eigenvalue weighted by atomic mass is 16.3. The largest absolute Gasteiger partial charge is 0.508 e. The van der Waals surface area contributed by atoms with Crippen molar-refractivity contribution in [3.05, 3.63) is 46.9 Å². The second-order valence-electron chi connectivity index (χ2n) is 4.84. The third-order valence-electron chi connectivity index (χ3n) is 3.17. The Morgan fingerprint density at radius 2 is 2.05 bits per heavy atom. The number of anilines is 1. The molecular formula is C15H18N2O3. The molecule has 5 nitrogen and oxygen atoms in total. The van der Waals surface area contributed by atoms with E-state index in [1.165, 1.54) is 18.2 Å². The Balaban J connectivity index is 2.19. The molecule has 1 unspecified atom stereocenters. The summed E-state index contributed by atoms with van der Waals surface area (Å²) in [5.41, 5.74) is 7.26. The second-order valence-corrected chi connectivity index (χ2v) is 4.84. The summed E-state index contributed by atoms with van der Waals surface area (Å²) in [5.74, 6) is 1.26. The van der Waals surface area contributed by atoms with Crippen molar-refractivity contribution in [3.8, 4) is 5.75 Å². The molecule has 0 spiro atoms. The maximum Gasteiger partial charge on any atom is 0.253 e. The highest BCUT2D eigenvalue weighted by Gasteiger charge is 2.17. The number of phenolic OH excluding ortho intramolecular Hbond substituents is 1. The highest BCUT2D eigenvalue weighted by molar-refractivity contribution is 5.99. The van der Waals surface area contributed by atoms with Gasteiger partial charge in [0.05, 0.1) is 11.6 Å². The summed E-state index contributed by atoms with van der Waals surface area (Å²) >= 11 is 0. The van der Waals surface area contributed by atoms with Crippen LogP contribution in [0.2, 0.25) is 0 Å². The van der Waals surface area contributed by atoms with Gasteiger partial charge in [0.1, 0.15) is 17.3 Å². The molecule has 5 heteroatoms. The fourth-order valence-corrected chi connectivity index (χ4v) is 2.17. The third kappa shape index (κ3) is 2.77. The lowest BCUT2D eigenvalue weighted by Gasteiger charge is -2.14. The quantitative estimate of drug-likeness (QED) is 0.593. The van der Waals surface area contributed by atoms with Gasteiger partial charge in [0, 0.05) is 11.3 Å². The zero-order valence-electron chi connectivity index (χ0n) is 11.7. The first-order valence-corrected chi connectivity index (χ1v) is 6.34. The van der Waals surface area contributed by atoms with Crippen LogP contribution in [-0.4, -0.2) is 11.0 Å². The zero-order chi connectivity index (χ0) is 14.9. The van der Waals surface area contributed by atoms with Crippen LogP contribution in [0.4, 0.5) is 5.69 Å². The molecule has 1 aromatic heterocycles. The lowest BCUT2D eigenvalue weighted by molar-refractivity contribution is 0.0940. The molecule has 20 heavy (non-hydrogen) atoms. The molecule has 1 aromatic carbocycles. The van der Waals surface area contributed by atoms with Crippen LogP contribution < -0.4 is 11.1 Å². The Kier molecular flexibility index (Phi) is 3.70. The van der Waals surface area contributed by atoms with Crippen molar-refractivity contribution in [1.29, 1.82) is 0 Å². The average Bonchev–Trinajstić information content (AvgIpc) is 2.71. The van der Waals surface area contributed by atoms with E-state index in [-0.39, 0.29) is 23.3 Å². The summed E-state index contributed by atoms with van der Waals surface area (Å²) in [4.78, 5) is 12.2. The number of aromatic hydroxyl groups is 1. The number of aryl methyl sites for hydroxylation is 2. The zero-order valence-corrected chi connectivity index (χ0v) is 11.7. The smallest absolute Gasteiger partial charge is 0.253 e. The van der Waals surface area contributed by atoms with E-state index >= 15 is 0 Å². The summed E-state index contributed by atoms with van der Waals surface area (Å²) in [5, 5.41) is 12.3. The summed E-state index contributed by atoms with van der Waals surface area (Å²) in [6.07, 6.45) is 0. The number of benzene rings is 1. The normalized spacial score (nSPS) is 12.2. The average molecular weight is 274 g/mol. The van der Waals surface area contributed by atoms with Crippen LogP contribution in [0, 0.1) is 13.8 Å². The van der Waals surface area contributed by atoms with Gasteiger partial charge >= 0.3 is 0 Å². The number of nitrogen functional groups attached to an aromatic ring is 1. The molecule has 2 aromatic rings. The van der Waals surface area contributed by atoms with Gasteiger partial charge in [0.25, 0.3) is 5.91 Å². The van der Waals surface area contributed by atoms with E-state index in [4.69, 9.17) is 10.2 Å². The fourth-order valence-electron chi connectivity index (χ4n) is 2.17. The van der Waals surface area contributed by atoms with E-state index in [0.29, 0.717) is 5.69 Å². The Labute approximate surface area is 117 Å². The molecule has 0 fully saturated rings. The van der Waals surface area contributed by atoms with Crippen molar-refractivity contribution < 1.29 is 14.3 Å². The SMILES string of the molecule is Cc1cc(C(C)NC(=O)c2cc(O)ccc2N)c(C)o1. The molecule has 0 aliphatic heterocycles. The van der Waals surface area contributed by atoms with Gasteiger partial charge < -0.3 is 20.6 Å². The maximum absolute atomic E-state index is 12.2. The van der Waals surface area contributed by atoms with Gasteiger partial charge in [-0.15, -0.1) is 0 Å². The Morgan fingerprint density at radius 3 is 2.65 bits per heavy atom. The van der Waals surface area contributed by atoms with Gasteiger partial charge in [-0.05, 0) is 45.0 Å². The number of amides is 1. The molecule has 2 rings (SSSR count). The van der Waals surface area contributed by atoms with Gasteiger partial charge in [-0.3, -0.25) is 4.79 Å². The van der Waals surface area contributed by atoms with Crippen molar-refractivity contribution in [2.24, 2.45) is 0 Å². The topological polar surface area (TPSA) is 88.5 Å². The number of hydrogen-bond acceptors (Lipinski definition) is 4. The number of nitrogens with one attached hydrogen (secondary N) is 1. The van der Waals surface area contributed by atoms with Crippen molar-refractivity contribution in [1.82, 2.24) is 5.32 Å². The number of hydrogen-bond donors (Lipinski definition) is 3. The first-order chi connectivity index (χ1) is 9.38. The Hall–Kier alpha value is -2.43. The Bertz CT molecular complexity index is 647. The van der Waals surface area contributed by atoms with Gasteiger partial charge in [0.2, 0.25) is 0 Å². The van der Waals surface area contributed by atoms with Crippen LogP contribution >= 0.6 is 0 Å². The predicted molar refractivity (Wildman–Crippen MR) is 76.6 cm³/mol. The molecule has 4 N–H and O–H groups in total. The van der Waals surface area contributed by atoms with Gasteiger partial charge in [-0.2, -0.15) is 0 Å². The van der Waals surface area contributed by atoms with Crippen molar-refractivity contribution in [3.63, 3.8) is 0 Å². The van der Waals surface area contributed by atoms with E-state index in [0.717, 1.165) is 17.1 Å². The van der Waals surface area contributed by atoms with Gasteiger partial charge in [0.15, 0.2) is 0 Å². The molecule has 106 valence electrons. The molecule has 0 saturated carbocycles. The molecule has 0 bridgehead atoms. The van der Waals surface area contributed by atoms with Crippen LogP contribution in [0.25, 0.3) is 0 Å². The predicted octanol–water partition coefficient (Wildman–Crippen LogP) is 2.68. The van der Waals surface area contributed by atoms with Crippen LogP contribution in [-0.2, 0) is 0 Å². The molecular weight excluding hydrogens is 256 g/mol. The third-order valence-corrected chi connectivity index (χ3v) is 3.17. The van der Waals surface area contributed by atoms with Crippen LogP contribution in [0.5, 0.6) is 5.75 Å². The molecule has 0 saturated heterocycles. The number of carbonyl (C=O) groups is 1. The first kappa shape index (κ1) is 14.0. The fraction of sp³-hybridized carbons (Fsp3) is 0.267. The number of rotatable bonds is 3. The molecule has 0 radical (unpaired) electrons. The minimum atomic E-state index is -0.329. The minimum absolute atomic E-state index is 0.00680. The van der Waals surface area contributed by atoms with Crippen molar-refractivity contribution in [2.75, 3.05) is 5.73 Å². The first-order valence-electron chi connectivity index (χ1n) is 6.34. The number of furan rings is 1. The van der Waals surface area contributed by atoms with E-state index in [2.05, 4.69) is 5.32 Å². The monoisotopic (exact) mass is 274 g/mol. The molecule has 0 aliphatic rings. The van der Waals surface area contributed by atoms with Gasteiger partial charge in [-0.25, -0.2) is 0 Å². The highest BCUT2D eigenvalue weighted by Crippen LogP contribution is 2.23. The van der Waals surface area contributed by atoms with Gasteiger partial charge in [-0.1, -0.05) is 0 Å². The van der Waals surface area contributed by atoms with E-state index in [9.17, 15) is 9.90 Å². The van der Waals surface area contributed by atoms with Crippen molar-refractivity contribution >= 4 is 11.6 Å². The minimum Gasteiger partial charge on any atom is -0.508 e. The lowest BCUT2D eigenvalue weighted by atomic mass is 10.1. The number of nitrogens with two attached hydrogens (primary N) is 1. The van der Waals surface area contributed by atoms with E-state index < -0.39 is 0 Å². The second kappa shape index (κ2) is 5.28. The molecule has 1 atom stereocenters. The van der Waals surface area contributed by atoms with Crippen LogP contribution in [0.1, 0.15) is 40.4 Å². The van der Waals surface area contributed by atoms with Crippen LogP contribution in [0.3, 0.4) is 0 Å². The molecule has 0 aliphatic carbocycles. The van der Waals surface area contributed by atoms with Crippen LogP contribution in [0.15, 0.2) is 28.7 Å². The summed E-state index contributed by atoms with van der Waals surface area (Å²) in [7, 11) is 0. The number of carbonyl (C=O) groups excluding carboxylic acids is 1. The maximum atomic E-state index is 12.2. The lowest BCUT2D eigenvalue weighted by Crippen LogP contribution is -2.27. The summed E-state index contributed by atoms with van der Waals surface area (Å²) < 4.78 is 5.45. The summed E-state index contributed by atoms with van der Waals surface area (Å²) in [6.45, 7) is 5.58. The van der Waals surface area contributed by atoms with E-state index in [1.54, 1.807) is 0 Å². The number of phenols is 1. The standard InChI is InChI=1S/C15H18N2O3/c1-8-6-12(10(3)20-8)9(2)17-15(19)13-7-11(18)4-5-14(13)16/h4-7,9,18H,16H2,1-3H3,(H,17,19). The summed E-state index contributed by atoms with van der Waals surface area (Å²) in [6, 6.07) is 5.99. The molecule has 1 amide bonds. The Morgan fingerprint density at radius 1 is 1.35 bits per heavy atom. The van der Waals surface area contributed by atoms with E-state index in [1.807, 2.05) is 26.8 Å². The van der Waals surface area contributed by atoms with Crippen molar-refractivity contribution in [2.45, 2.75) is 26.8 Å².